The van der Waals surface area contributed by atoms with Crippen LogP contribution in [0.5, 0.6) is 0 Å². The molecule has 18 heavy (non-hydrogen) atoms. The van der Waals surface area contributed by atoms with Crippen molar-refractivity contribution in [1.29, 1.82) is 0 Å². The van der Waals surface area contributed by atoms with Gasteiger partial charge in [0, 0.05) is 32.7 Å². The van der Waals surface area contributed by atoms with E-state index in [0.717, 1.165) is 26.2 Å². The van der Waals surface area contributed by atoms with Gasteiger partial charge in [0.05, 0.1) is 12.1 Å². The maximum atomic E-state index is 12.1. The van der Waals surface area contributed by atoms with E-state index < -0.39 is 5.54 Å². The van der Waals surface area contributed by atoms with E-state index in [1.165, 1.54) is 0 Å². The number of likely N-dealkylation sites (N-methyl/N-ethyl adjacent to an activating group) is 1. The first-order chi connectivity index (χ1) is 8.48. The van der Waals surface area contributed by atoms with E-state index in [4.69, 9.17) is 0 Å². The molecule has 3 N–H and O–H groups in total. The molecule has 0 aromatic heterocycles. The molecule has 1 aliphatic heterocycles. The van der Waals surface area contributed by atoms with Crippen molar-refractivity contribution in [1.82, 2.24) is 20.9 Å². The largest absolute Gasteiger partial charge is 0.355 e. The first-order valence-electron chi connectivity index (χ1n) is 6.49. The van der Waals surface area contributed by atoms with Crippen LogP contribution < -0.4 is 16.0 Å². The van der Waals surface area contributed by atoms with Crippen LogP contribution in [0.3, 0.4) is 0 Å². The molecule has 0 bridgehead atoms. The Balaban J connectivity index is 2.45. The van der Waals surface area contributed by atoms with Crippen LogP contribution in [0.25, 0.3) is 0 Å². The highest BCUT2D eigenvalue weighted by Gasteiger charge is 2.35. The van der Waals surface area contributed by atoms with E-state index in [2.05, 4.69) is 20.9 Å². The van der Waals surface area contributed by atoms with Crippen LogP contribution in [0.4, 0.5) is 0 Å². The number of rotatable bonds is 5. The molecule has 1 rings (SSSR count). The number of amides is 2. The SMILES string of the molecule is CCNC(=O)CNC(=O)C(C)(C)N1CCNCC1. The molecule has 0 aromatic carbocycles. The maximum Gasteiger partial charge on any atom is 0.240 e. The van der Waals surface area contributed by atoms with Crippen molar-refractivity contribution < 1.29 is 9.59 Å². The van der Waals surface area contributed by atoms with E-state index in [0.29, 0.717) is 6.54 Å². The van der Waals surface area contributed by atoms with Crippen molar-refractivity contribution in [2.75, 3.05) is 39.3 Å². The summed E-state index contributed by atoms with van der Waals surface area (Å²) in [4.78, 5) is 25.6. The lowest BCUT2D eigenvalue weighted by molar-refractivity contribution is -0.134. The van der Waals surface area contributed by atoms with Gasteiger partial charge < -0.3 is 16.0 Å². The quantitative estimate of drug-likeness (QED) is 0.585. The lowest BCUT2D eigenvalue weighted by Gasteiger charge is -2.39. The summed E-state index contributed by atoms with van der Waals surface area (Å²) in [5.74, 6) is -0.252. The second-order valence-corrected chi connectivity index (χ2v) is 4.93. The zero-order valence-corrected chi connectivity index (χ0v) is 11.5. The molecule has 104 valence electrons. The molecule has 1 heterocycles. The second-order valence-electron chi connectivity index (χ2n) is 4.93. The number of nitrogens with one attached hydrogen (secondary N) is 3. The van der Waals surface area contributed by atoms with Crippen molar-refractivity contribution in [2.45, 2.75) is 26.3 Å². The highest BCUT2D eigenvalue weighted by molar-refractivity contribution is 5.89. The summed E-state index contributed by atoms with van der Waals surface area (Å²) in [6, 6.07) is 0. The molecule has 0 radical (unpaired) electrons. The Morgan fingerprint density at radius 3 is 2.39 bits per heavy atom. The molecule has 1 aliphatic rings. The number of carbonyl (C=O) groups is 2. The minimum Gasteiger partial charge on any atom is -0.355 e. The van der Waals surface area contributed by atoms with Gasteiger partial charge in [0.25, 0.3) is 0 Å². The lowest BCUT2D eigenvalue weighted by atomic mass is 10.0. The number of nitrogens with zero attached hydrogens (tertiary/aromatic N) is 1. The smallest absolute Gasteiger partial charge is 0.240 e. The molecular weight excluding hydrogens is 232 g/mol. The number of hydrogen-bond acceptors (Lipinski definition) is 4. The third kappa shape index (κ3) is 3.96. The zero-order valence-electron chi connectivity index (χ0n) is 11.5. The zero-order chi connectivity index (χ0) is 13.6. The average Bonchev–Trinajstić information content (AvgIpc) is 2.37. The summed E-state index contributed by atoms with van der Waals surface area (Å²) in [6.07, 6.45) is 0. The van der Waals surface area contributed by atoms with E-state index >= 15 is 0 Å². The number of hydrogen-bond donors (Lipinski definition) is 3. The summed E-state index contributed by atoms with van der Waals surface area (Å²) in [5.41, 5.74) is -0.575. The highest BCUT2D eigenvalue weighted by Crippen LogP contribution is 2.14. The normalized spacial score (nSPS) is 17.3. The van der Waals surface area contributed by atoms with Gasteiger partial charge in [-0.25, -0.2) is 0 Å². The van der Waals surface area contributed by atoms with Crippen LogP contribution >= 0.6 is 0 Å². The predicted molar refractivity (Wildman–Crippen MR) is 70.2 cm³/mol. The molecule has 2 amide bonds. The van der Waals surface area contributed by atoms with Gasteiger partial charge in [0.1, 0.15) is 0 Å². The van der Waals surface area contributed by atoms with Gasteiger partial charge in [0.2, 0.25) is 11.8 Å². The fourth-order valence-corrected chi connectivity index (χ4v) is 2.00. The van der Waals surface area contributed by atoms with Crippen molar-refractivity contribution in [3.63, 3.8) is 0 Å². The maximum absolute atomic E-state index is 12.1. The van der Waals surface area contributed by atoms with Crippen LogP contribution in [-0.2, 0) is 9.59 Å². The van der Waals surface area contributed by atoms with Gasteiger partial charge in [-0.05, 0) is 20.8 Å². The molecule has 0 atom stereocenters. The third-order valence-corrected chi connectivity index (χ3v) is 3.25. The van der Waals surface area contributed by atoms with Crippen LogP contribution in [-0.4, -0.2) is 61.5 Å². The minimum atomic E-state index is -0.575. The fraction of sp³-hybridized carbons (Fsp3) is 0.833. The monoisotopic (exact) mass is 256 g/mol. The summed E-state index contributed by atoms with van der Waals surface area (Å²) < 4.78 is 0. The fourth-order valence-electron chi connectivity index (χ4n) is 2.00. The number of carbonyl (C=O) groups excluding carboxylic acids is 2. The molecule has 0 unspecified atom stereocenters. The highest BCUT2D eigenvalue weighted by atomic mass is 16.2. The minimum absolute atomic E-state index is 0.0438. The first kappa shape index (κ1) is 14.9. The molecular formula is C12H24N4O2. The predicted octanol–water partition coefficient (Wildman–Crippen LogP) is -1.08. The topological polar surface area (TPSA) is 73.5 Å². The Morgan fingerprint density at radius 2 is 1.83 bits per heavy atom. The molecule has 0 spiro atoms. The Morgan fingerprint density at radius 1 is 1.22 bits per heavy atom. The van der Waals surface area contributed by atoms with Gasteiger partial charge in [0.15, 0.2) is 0 Å². The van der Waals surface area contributed by atoms with Gasteiger partial charge in [-0.3, -0.25) is 14.5 Å². The molecule has 0 aliphatic carbocycles. The molecule has 6 nitrogen and oxygen atoms in total. The lowest BCUT2D eigenvalue weighted by Crippen LogP contribution is -2.60. The molecule has 0 saturated carbocycles. The van der Waals surface area contributed by atoms with Crippen LogP contribution in [0.2, 0.25) is 0 Å². The molecule has 6 heteroatoms. The Bertz CT molecular complexity index is 298. The van der Waals surface area contributed by atoms with Gasteiger partial charge in [-0.2, -0.15) is 0 Å². The van der Waals surface area contributed by atoms with E-state index in [1.807, 2.05) is 20.8 Å². The van der Waals surface area contributed by atoms with Gasteiger partial charge in [-0.1, -0.05) is 0 Å². The second kappa shape index (κ2) is 6.70. The third-order valence-electron chi connectivity index (χ3n) is 3.25. The van der Waals surface area contributed by atoms with Gasteiger partial charge >= 0.3 is 0 Å². The molecule has 1 fully saturated rings. The van der Waals surface area contributed by atoms with Crippen LogP contribution in [0, 0.1) is 0 Å². The summed E-state index contributed by atoms with van der Waals surface area (Å²) >= 11 is 0. The Hall–Kier alpha value is -1.14. The van der Waals surface area contributed by atoms with Crippen molar-refractivity contribution in [3.05, 3.63) is 0 Å². The summed E-state index contributed by atoms with van der Waals surface area (Å²) in [6.45, 7) is 9.75. The van der Waals surface area contributed by atoms with Crippen LogP contribution in [0.1, 0.15) is 20.8 Å². The van der Waals surface area contributed by atoms with Gasteiger partial charge in [-0.15, -0.1) is 0 Å². The van der Waals surface area contributed by atoms with Crippen molar-refractivity contribution >= 4 is 11.8 Å². The Labute approximate surface area is 108 Å². The van der Waals surface area contributed by atoms with E-state index in [9.17, 15) is 9.59 Å². The van der Waals surface area contributed by atoms with Crippen molar-refractivity contribution in [3.8, 4) is 0 Å². The standard InChI is InChI=1S/C12H24N4O2/c1-4-14-10(17)9-15-11(18)12(2,3)16-7-5-13-6-8-16/h13H,4-9H2,1-3H3,(H,14,17)(H,15,18). The molecule has 1 saturated heterocycles. The summed E-state index contributed by atoms with van der Waals surface area (Å²) in [5, 5.41) is 8.60. The first-order valence-corrected chi connectivity index (χ1v) is 6.49. The van der Waals surface area contributed by atoms with E-state index in [1.54, 1.807) is 0 Å². The Kier molecular flexibility index (Phi) is 5.55. The average molecular weight is 256 g/mol. The van der Waals surface area contributed by atoms with Crippen LogP contribution in [0.15, 0.2) is 0 Å². The molecule has 0 aromatic rings. The van der Waals surface area contributed by atoms with Crippen molar-refractivity contribution in [2.24, 2.45) is 0 Å². The van der Waals surface area contributed by atoms with E-state index in [-0.39, 0.29) is 18.4 Å². The summed E-state index contributed by atoms with van der Waals surface area (Å²) in [7, 11) is 0. The number of piperazine rings is 1.